The van der Waals surface area contributed by atoms with Crippen molar-refractivity contribution >= 4 is 12.1 Å². The molecule has 0 radical (unpaired) electrons. The Morgan fingerprint density at radius 2 is 1.89 bits per heavy atom. The molecule has 0 spiro atoms. The van der Waals surface area contributed by atoms with Gasteiger partial charge in [-0.1, -0.05) is 39.8 Å². The molecule has 0 atom stereocenters. The predicted octanol–water partition coefficient (Wildman–Crippen LogP) is 4.72. The first-order valence-electron chi connectivity index (χ1n) is 9.91. The molecule has 5 nitrogen and oxygen atoms in total. The summed E-state index contributed by atoms with van der Waals surface area (Å²) in [4.78, 5) is 12.1. The molecule has 1 aromatic heterocycles. The van der Waals surface area contributed by atoms with Crippen LogP contribution in [-0.4, -0.2) is 23.3 Å². The van der Waals surface area contributed by atoms with Gasteiger partial charge in [-0.25, -0.2) is 5.43 Å². The van der Waals surface area contributed by atoms with Crippen LogP contribution in [0, 0.1) is 26.7 Å². The monoisotopic (exact) mass is 383 g/mol. The van der Waals surface area contributed by atoms with Gasteiger partial charge >= 0.3 is 0 Å². The number of aromatic nitrogens is 1. The van der Waals surface area contributed by atoms with Crippen LogP contribution in [0.15, 0.2) is 29.4 Å². The van der Waals surface area contributed by atoms with Crippen molar-refractivity contribution < 1.29 is 9.53 Å². The van der Waals surface area contributed by atoms with E-state index >= 15 is 0 Å². The molecule has 2 rings (SSSR count). The number of nitrogens with one attached hydrogen (secondary N) is 1. The maximum Gasteiger partial charge on any atom is 0.277 e. The molecule has 0 fully saturated rings. The number of rotatable bonds is 8. The smallest absolute Gasteiger partial charge is 0.277 e. The lowest BCUT2D eigenvalue weighted by Gasteiger charge is -2.14. The van der Waals surface area contributed by atoms with E-state index in [0.717, 1.165) is 34.7 Å². The molecule has 5 heteroatoms. The first kappa shape index (κ1) is 21.7. The van der Waals surface area contributed by atoms with Crippen molar-refractivity contribution in [3.8, 4) is 5.75 Å². The van der Waals surface area contributed by atoms with Gasteiger partial charge in [0.1, 0.15) is 5.75 Å². The van der Waals surface area contributed by atoms with Crippen LogP contribution in [0.3, 0.4) is 0 Å². The number of hydrogen-bond acceptors (Lipinski definition) is 3. The summed E-state index contributed by atoms with van der Waals surface area (Å²) >= 11 is 0. The molecule has 0 aliphatic heterocycles. The van der Waals surface area contributed by atoms with E-state index in [2.05, 4.69) is 74.8 Å². The van der Waals surface area contributed by atoms with Gasteiger partial charge in [-0.3, -0.25) is 4.79 Å². The van der Waals surface area contributed by atoms with E-state index in [-0.39, 0.29) is 12.5 Å². The zero-order valence-corrected chi connectivity index (χ0v) is 18.2. The Hall–Kier alpha value is -2.56. The molecule has 28 heavy (non-hydrogen) atoms. The van der Waals surface area contributed by atoms with Crippen molar-refractivity contribution in [1.29, 1.82) is 0 Å². The lowest BCUT2D eigenvalue weighted by Crippen LogP contribution is -2.25. The fourth-order valence-corrected chi connectivity index (χ4v) is 3.20. The van der Waals surface area contributed by atoms with E-state index in [0.29, 0.717) is 11.8 Å². The molecule has 152 valence electrons. The highest BCUT2D eigenvalue weighted by Crippen LogP contribution is 2.27. The largest absolute Gasteiger partial charge is 0.483 e. The summed E-state index contributed by atoms with van der Waals surface area (Å²) < 4.78 is 8.02. The van der Waals surface area contributed by atoms with Crippen LogP contribution in [0.2, 0.25) is 0 Å². The maximum absolute atomic E-state index is 12.1. The number of ether oxygens (including phenoxy) is 1. The quantitative estimate of drug-likeness (QED) is 0.530. The molecule has 0 aliphatic rings. The summed E-state index contributed by atoms with van der Waals surface area (Å²) in [5.41, 5.74) is 8.13. The highest BCUT2D eigenvalue weighted by molar-refractivity contribution is 5.84. The molecule has 1 aromatic carbocycles. The van der Waals surface area contributed by atoms with E-state index in [9.17, 15) is 4.79 Å². The van der Waals surface area contributed by atoms with Crippen LogP contribution < -0.4 is 10.2 Å². The molecule has 0 saturated heterocycles. The third-order valence-electron chi connectivity index (χ3n) is 4.70. The fraction of sp³-hybridized carbons (Fsp3) is 0.478. The van der Waals surface area contributed by atoms with E-state index < -0.39 is 0 Å². The molecule has 1 heterocycles. The van der Waals surface area contributed by atoms with Crippen molar-refractivity contribution in [3.05, 3.63) is 52.3 Å². The van der Waals surface area contributed by atoms with Crippen LogP contribution in [0.1, 0.15) is 61.7 Å². The Balaban J connectivity index is 1.96. The van der Waals surface area contributed by atoms with Crippen LogP contribution >= 0.6 is 0 Å². The van der Waals surface area contributed by atoms with Crippen molar-refractivity contribution in [1.82, 2.24) is 9.99 Å². The number of nitrogens with zero attached hydrogens (tertiary/aromatic N) is 2. The summed E-state index contributed by atoms with van der Waals surface area (Å²) in [6.07, 6.45) is 1.70. The Kier molecular flexibility index (Phi) is 7.44. The van der Waals surface area contributed by atoms with Gasteiger partial charge in [0.15, 0.2) is 6.61 Å². The maximum atomic E-state index is 12.1. The van der Waals surface area contributed by atoms with Crippen molar-refractivity contribution in [3.63, 3.8) is 0 Å². The number of carbonyl (C=O) groups excluding carboxylic acids is 1. The number of hydrazone groups is 1. The summed E-state index contributed by atoms with van der Waals surface area (Å²) in [5.74, 6) is 1.39. The van der Waals surface area contributed by atoms with Crippen LogP contribution in [-0.2, 0) is 11.3 Å². The van der Waals surface area contributed by atoms with Gasteiger partial charge in [0.25, 0.3) is 5.91 Å². The van der Waals surface area contributed by atoms with E-state index in [4.69, 9.17) is 4.74 Å². The van der Waals surface area contributed by atoms with Gasteiger partial charge < -0.3 is 9.30 Å². The van der Waals surface area contributed by atoms with Gasteiger partial charge in [0, 0.05) is 23.5 Å². The molecular formula is C23H33N3O2. The SMILES string of the molecule is Cc1ccc(C(C)C)c(OCC(=O)NN=Cc2cc(C)n(CC(C)C)c2C)c1. The highest BCUT2D eigenvalue weighted by Gasteiger charge is 2.11. The molecule has 2 aromatic rings. The molecule has 0 bridgehead atoms. The van der Waals surface area contributed by atoms with E-state index in [1.54, 1.807) is 6.21 Å². The highest BCUT2D eigenvalue weighted by atomic mass is 16.5. The molecule has 1 N–H and O–H groups in total. The zero-order valence-electron chi connectivity index (χ0n) is 18.2. The van der Waals surface area contributed by atoms with E-state index in [1.807, 2.05) is 13.0 Å². The summed E-state index contributed by atoms with van der Waals surface area (Å²) in [6.45, 7) is 15.7. The molecule has 0 unspecified atom stereocenters. The van der Waals surface area contributed by atoms with E-state index in [1.165, 1.54) is 5.69 Å². The molecular weight excluding hydrogens is 350 g/mol. The summed E-state index contributed by atoms with van der Waals surface area (Å²) in [7, 11) is 0. The third kappa shape index (κ3) is 5.72. The minimum atomic E-state index is -0.275. The standard InChI is InChI=1S/C23H33N3O2/c1-15(2)13-26-18(6)11-20(19(26)7)12-24-25-23(27)14-28-22-10-17(5)8-9-21(22)16(3)4/h8-12,15-16H,13-14H2,1-7H3,(H,25,27). The van der Waals surface area contributed by atoms with Crippen molar-refractivity contribution in [2.75, 3.05) is 6.61 Å². The lowest BCUT2D eigenvalue weighted by atomic mass is 10.0. The molecule has 0 aliphatic carbocycles. The van der Waals surface area contributed by atoms with Crippen molar-refractivity contribution in [2.24, 2.45) is 11.0 Å². The number of hydrogen-bond donors (Lipinski definition) is 1. The Labute approximate surface area is 168 Å². The third-order valence-corrected chi connectivity index (χ3v) is 4.70. The topological polar surface area (TPSA) is 55.6 Å². The fourth-order valence-electron chi connectivity index (χ4n) is 3.20. The van der Waals surface area contributed by atoms with Crippen LogP contribution in [0.4, 0.5) is 0 Å². The minimum absolute atomic E-state index is 0.0626. The number of amides is 1. The summed E-state index contributed by atoms with van der Waals surface area (Å²) in [5, 5.41) is 4.11. The first-order valence-corrected chi connectivity index (χ1v) is 9.91. The minimum Gasteiger partial charge on any atom is -0.483 e. The van der Waals surface area contributed by atoms with Gasteiger partial charge in [-0.05, 0) is 55.9 Å². The Morgan fingerprint density at radius 1 is 1.18 bits per heavy atom. The van der Waals surface area contributed by atoms with Gasteiger partial charge in [0.2, 0.25) is 0 Å². The van der Waals surface area contributed by atoms with Gasteiger partial charge in [-0.2, -0.15) is 5.10 Å². The number of carbonyl (C=O) groups is 1. The summed E-state index contributed by atoms with van der Waals surface area (Å²) in [6, 6.07) is 8.17. The Morgan fingerprint density at radius 3 is 2.54 bits per heavy atom. The van der Waals surface area contributed by atoms with Crippen molar-refractivity contribution in [2.45, 2.75) is 60.9 Å². The second-order valence-electron chi connectivity index (χ2n) is 8.11. The van der Waals surface area contributed by atoms with Gasteiger partial charge in [-0.15, -0.1) is 0 Å². The normalized spacial score (nSPS) is 11.6. The van der Waals surface area contributed by atoms with Gasteiger partial charge in [0.05, 0.1) is 6.21 Å². The average Bonchev–Trinajstić information content (AvgIpc) is 2.87. The first-order chi connectivity index (χ1) is 13.2. The lowest BCUT2D eigenvalue weighted by molar-refractivity contribution is -0.123. The average molecular weight is 384 g/mol. The van der Waals surface area contributed by atoms with Crippen LogP contribution in [0.5, 0.6) is 5.75 Å². The molecule has 0 saturated carbocycles. The second kappa shape index (κ2) is 9.58. The number of aryl methyl sites for hydroxylation is 2. The predicted molar refractivity (Wildman–Crippen MR) is 115 cm³/mol. The van der Waals surface area contributed by atoms with Crippen LogP contribution in [0.25, 0.3) is 0 Å². The Bertz CT molecular complexity index is 848. The second-order valence-corrected chi connectivity index (χ2v) is 8.11. The number of benzene rings is 1. The molecule has 1 amide bonds. The zero-order chi connectivity index (χ0) is 20.8.